The highest BCUT2D eigenvalue weighted by atomic mass is 35.5. The molecule has 1 aromatic rings. The number of hydrogen-bond donors (Lipinski definition) is 0. The molecule has 0 aliphatic heterocycles. The van der Waals surface area contributed by atoms with Gasteiger partial charge in [-0.2, -0.15) is 0 Å². The summed E-state index contributed by atoms with van der Waals surface area (Å²) in [6.07, 6.45) is 1.93. The molecule has 0 radical (unpaired) electrons. The van der Waals surface area contributed by atoms with Gasteiger partial charge >= 0.3 is 0 Å². The predicted octanol–water partition coefficient (Wildman–Crippen LogP) is 2.82. The Kier molecular flexibility index (Phi) is 7.55. The van der Waals surface area contributed by atoms with Crippen LogP contribution in [0.2, 0.25) is 0 Å². The van der Waals surface area contributed by atoms with Gasteiger partial charge in [-0.1, -0.05) is 0 Å². The van der Waals surface area contributed by atoms with Gasteiger partial charge in [-0.3, -0.25) is 0 Å². The number of alkyl halides is 1. The zero-order valence-electron chi connectivity index (χ0n) is 12.7. The van der Waals surface area contributed by atoms with E-state index in [1.165, 1.54) is 0 Å². The summed E-state index contributed by atoms with van der Waals surface area (Å²) in [5, 5.41) is 0. The van der Waals surface area contributed by atoms with Crippen LogP contribution in [0, 0.1) is 0 Å². The van der Waals surface area contributed by atoms with Crippen molar-refractivity contribution < 1.29 is 14.2 Å². The third kappa shape index (κ3) is 4.76. The van der Waals surface area contributed by atoms with Crippen LogP contribution in [0.15, 0.2) is 12.1 Å². The van der Waals surface area contributed by atoms with Crippen LogP contribution in [0.3, 0.4) is 0 Å². The van der Waals surface area contributed by atoms with E-state index in [0.717, 1.165) is 31.5 Å². The lowest BCUT2D eigenvalue weighted by Gasteiger charge is -2.17. The average molecular weight is 302 g/mol. The number of hydrogen-bond acceptors (Lipinski definition) is 4. The van der Waals surface area contributed by atoms with Gasteiger partial charge in [-0.05, 0) is 44.1 Å². The molecule has 5 heteroatoms. The van der Waals surface area contributed by atoms with Gasteiger partial charge in [0.1, 0.15) is 0 Å². The largest absolute Gasteiger partial charge is 0.493 e. The molecule has 0 unspecified atom stereocenters. The van der Waals surface area contributed by atoms with E-state index in [9.17, 15) is 0 Å². The van der Waals surface area contributed by atoms with E-state index in [2.05, 4.69) is 11.9 Å². The fourth-order valence-electron chi connectivity index (χ4n) is 2.04. The van der Waals surface area contributed by atoms with Gasteiger partial charge in [-0.15, -0.1) is 11.6 Å². The van der Waals surface area contributed by atoms with Gasteiger partial charge in [0.2, 0.25) is 5.75 Å². The average Bonchev–Trinajstić information content (AvgIpc) is 2.49. The van der Waals surface area contributed by atoms with Crippen molar-refractivity contribution in [3.63, 3.8) is 0 Å². The van der Waals surface area contributed by atoms with Crippen molar-refractivity contribution in [2.75, 3.05) is 47.3 Å². The van der Waals surface area contributed by atoms with Gasteiger partial charge in [0.25, 0.3) is 0 Å². The molecule has 0 aromatic heterocycles. The van der Waals surface area contributed by atoms with Crippen molar-refractivity contribution in [3.8, 4) is 17.2 Å². The van der Waals surface area contributed by atoms with Crippen molar-refractivity contribution in [3.05, 3.63) is 17.7 Å². The minimum absolute atomic E-state index is 0.634. The molecule has 0 bridgehead atoms. The van der Waals surface area contributed by atoms with Crippen molar-refractivity contribution in [1.82, 2.24) is 4.90 Å². The second kappa shape index (κ2) is 8.93. The molecule has 20 heavy (non-hydrogen) atoms. The molecule has 0 amide bonds. The highest BCUT2D eigenvalue weighted by Crippen LogP contribution is 2.38. The highest BCUT2D eigenvalue weighted by molar-refractivity contribution is 6.17. The molecule has 0 aliphatic rings. The van der Waals surface area contributed by atoms with Gasteiger partial charge < -0.3 is 19.1 Å². The number of rotatable bonds is 9. The van der Waals surface area contributed by atoms with Crippen LogP contribution in [0.25, 0.3) is 0 Å². The van der Waals surface area contributed by atoms with Gasteiger partial charge in [0.05, 0.1) is 21.3 Å². The van der Waals surface area contributed by atoms with E-state index < -0.39 is 0 Å². The molecule has 0 saturated heterocycles. The summed E-state index contributed by atoms with van der Waals surface area (Å²) < 4.78 is 16.0. The van der Waals surface area contributed by atoms with Crippen molar-refractivity contribution in [2.45, 2.75) is 12.8 Å². The zero-order valence-corrected chi connectivity index (χ0v) is 13.5. The zero-order chi connectivity index (χ0) is 15.0. The summed E-state index contributed by atoms with van der Waals surface area (Å²) >= 11 is 5.70. The maximum absolute atomic E-state index is 5.70. The number of benzene rings is 1. The maximum Gasteiger partial charge on any atom is 0.203 e. The summed E-state index contributed by atoms with van der Waals surface area (Å²) in [6.45, 7) is 1.98. The number of nitrogens with zero attached hydrogens (tertiary/aromatic N) is 1. The van der Waals surface area contributed by atoms with E-state index in [1.54, 1.807) is 21.3 Å². The first-order chi connectivity index (χ1) is 9.65. The van der Waals surface area contributed by atoms with Crippen LogP contribution >= 0.6 is 11.6 Å². The molecule has 0 saturated carbocycles. The lowest BCUT2D eigenvalue weighted by molar-refractivity contribution is 0.321. The lowest BCUT2D eigenvalue weighted by atomic mass is 10.1. The fourth-order valence-corrected chi connectivity index (χ4v) is 2.16. The van der Waals surface area contributed by atoms with Gasteiger partial charge in [-0.25, -0.2) is 0 Å². The number of likely N-dealkylation sites (N-methyl/N-ethyl adjacent to an activating group) is 1. The molecule has 114 valence electrons. The number of ether oxygens (including phenoxy) is 3. The Balaban J connectivity index is 2.75. The molecular formula is C15H24ClNO3. The Labute approximate surface area is 126 Å². The quantitative estimate of drug-likeness (QED) is 0.656. The van der Waals surface area contributed by atoms with Crippen LogP contribution in [0.5, 0.6) is 17.2 Å². The Morgan fingerprint density at radius 3 is 2.05 bits per heavy atom. The van der Waals surface area contributed by atoms with E-state index in [-0.39, 0.29) is 0 Å². The first-order valence-corrected chi connectivity index (χ1v) is 7.23. The predicted molar refractivity (Wildman–Crippen MR) is 82.6 cm³/mol. The van der Waals surface area contributed by atoms with Crippen molar-refractivity contribution in [1.29, 1.82) is 0 Å². The fraction of sp³-hybridized carbons (Fsp3) is 0.600. The molecule has 0 aliphatic carbocycles. The second-order valence-corrected chi connectivity index (χ2v) is 5.01. The normalized spacial score (nSPS) is 10.7. The SMILES string of the molecule is COc1cc(CCN(C)CCCCl)cc(OC)c1OC. The van der Waals surface area contributed by atoms with Gasteiger partial charge in [0.15, 0.2) is 11.5 Å². The second-order valence-electron chi connectivity index (χ2n) is 4.63. The smallest absolute Gasteiger partial charge is 0.203 e. The van der Waals surface area contributed by atoms with Crippen molar-refractivity contribution in [2.24, 2.45) is 0 Å². The Hall–Kier alpha value is -1.13. The summed E-state index contributed by atoms with van der Waals surface area (Å²) in [5.41, 5.74) is 1.16. The van der Waals surface area contributed by atoms with Crippen molar-refractivity contribution >= 4 is 11.6 Å². The first kappa shape index (κ1) is 16.9. The summed E-state index contributed by atoms with van der Waals surface area (Å²) in [5.74, 6) is 2.74. The third-order valence-corrected chi connectivity index (χ3v) is 3.45. The molecular weight excluding hydrogens is 278 g/mol. The van der Waals surface area contributed by atoms with Crippen LogP contribution in [0.1, 0.15) is 12.0 Å². The van der Waals surface area contributed by atoms with Crippen LogP contribution in [0.4, 0.5) is 0 Å². The molecule has 0 fully saturated rings. The Morgan fingerprint density at radius 1 is 1.00 bits per heavy atom. The number of halogens is 1. The van der Waals surface area contributed by atoms with Crippen LogP contribution in [-0.4, -0.2) is 52.2 Å². The summed E-state index contributed by atoms with van der Waals surface area (Å²) in [4.78, 5) is 2.27. The monoisotopic (exact) mass is 301 g/mol. The Bertz CT molecular complexity index is 387. The minimum Gasteiger partial charge on any atom is -0.493 e. The molecule has 0 heterocycles. The third-order valence-electron chi connectivity index (χ3n) is 3.18. The van der Waals surface area contributed by atoms with E-state index in [4.69, 9.17) is 25.8 Å². The van der Waals surface area contributed by atoms with Crippen LogP contribution in [-0.2, 0) is 6.42 Å². The van der Waals surface area contributed by atoms with Crippen LogP contribution < -0.4 is 14.2 Å². The standard InChI is InChI=1S/C15H24ClNO3/c1-17(8-5-7-16)9-6-12-10-13(18-2)15(20-4)14(11-12)19-3/h10-11H,5-9H2,1-4H3. The Morgan fingerprint density at radius 2 is 1.60 bits per heavy atom. The lowest BCUT2D eigenvalue weighted by Crippen LogP contribution is -2.22. The molecule has 1 aromatic carbocycles. The van der Waals surface area contributed by atoms with E-state index in [0.29, 0.717) is 23.1 Å². The topological polar surface area (TPSA) is 30.9 Å². The van der Waals surface area contributed by atoms with E-state index >= 15 is 0 Å². The molecule has 0 spiro atoms. The molecule has 0 N–H and O–H groups in total. The molecule has 0 atom stereocenters. The highest BCUT2D eigenvalue weighted by Gasteiger charge is 2.13. The number of methoxy groups -OCH3 is 3. The van der Waals surface area contributed by atoms with E-state index in [1.807, 2.05) is 12.1 Å². The minimum atomic E-state index is 0.634. The van der Waals surface area contributed by atoms with Gasteiger partial charge in [0, 0.05) is 12.4 Å². The molecule has 4 nitrogen and oxygen atoms in total. The molecule has 1 rings (SSSR count). The first-order valence-electron chi connectivity index (χ1n) is 6.69. The summed E-state index contributed by atoms with van der Waals surface area (Å²) in [7, 11) is 6.98. The maximum atomic E-state index is 5.70. The summed E-state index contributed by atoms with van der Waals surface area (Å²) in [6, 6.07) is 3.99.